The topological polar surface area (TPSA) is 63.4 Å². The maximum absolute atomic E-state index is 12.7. The van der Waals surface area contributed by atoms with E-state index in [2.05, 4.69) is 6.92 Å². The lowest BCUT2D eigenvalue weighted by Gasteiger charge is -2.27. The third kappa shape index (κ3) is 3.18. The molecule has 1 saturated heterocycles. The van der Waals surface area contributed by atoms with Gasteiger partial charge < -0.3 is 5.73 Å². The number of nitrogens with two attached hydrogens (primary N) is 1. The Bertz CT molecular complexity index is 510. The fraction of sp³-hybridized carbons (Fsp3) is 0.692. The summed E-state index contributed by atoms with van der Waals surface area (Å²) in [7, 11) is -3.34. The average molecular weight is 302 g/mol. The van der Waals surface area contributed by atoms with Crippen LogP contribution in [0.2, 0.25) is 0 Å². The zero-order valence-electron chi connectivity index (χ0n) is 11.3. The monoisotopic (exact) mass is 302 g/mol. The van der Waals surface area contributed by atoms with Crippen molar-refractivity contribution in [2.45, 2.75) is 55.8 Å². The van der Waals surface area contributed by atoms with Gasteiger partial charge in [-0.1, -0.05) is 19.8 Å². The van der Waals surface area contributed by atoms with Crippen molar-refractivity contribution in [3.8, 4) is 0 Å². The SMILES string of the molecule is CCC1CCCCCN1S(=O)(=O)c1cc(CN)cs1. The Morgan fingerprint density at radius 1 is 1.42 bits per heavy atom. The van der Waals surface area contributed by atoms with E-state index in [9.17, 15) is 8.42 Å². The number of rotatable bonds is 4. The van der Waals surface area contributed by atoms with Gasteiger partial charge in [0.25, 0.3) is 10.0 Å². The van der Waals surface area contributed by atoms with E-state index in [1.54, 1.807) is 10.4 Å². The molecule has 4 nitrogen and oxygen atoms in total. The minimum absolute atomic E-state index is 0.149. The Morgan fingerprint density at radius 2 is 2.21 bits per heavy atom. The highest BCUT2D eigenvalue weighted by atomic mass is 32.2. The van der Waals surface area contributed by atoms with Gasteiger partial charge in [-0.3, -0.25) is 0 Å². The zero-order valence-corrected chi connectivity index (χ0v) is 13.0. The normalized spacial score (nSPS) is 22.3. The van der Waals surface area contributed by atoms with Crippen LogP contribution in [0.25, 0.3) is 0 Å². The molecule has 108 valence electrons. The second-order valence-electron chi connectivity index (χ2n) is 5.01. The molecule has 19 heavy (non-hydrogen) atoms. The van der Waals surface area contributed by atoms with Crippen LogP contribution in [-0.2, 0) is 16.6 Å². The van der Waals surface area contributed by atoms with E-state index < -0.39 is 10.0 Å². The average Bonchev–Trinajstić information content (AvgIpc) is 2.76. The Labute approximate surface area is 119 Å². The Balaban J connectivity index is 2.30. The van der Waals surface area contributed by atoms with Gasteiger partial charge in [-0.15, -0.1) is 11.3 Å². The molecule has 1 fully saturated rings. The molecule has 0 bridgehead atoms. The number of sulfonamides is 1. The van der Waals surface area contributed by atoms with Crippen LogP contribution in [0.1, 0.15) is 44.6 Å². The van der Waals surface area contributed by atoms with Crippen molar-refractivity contribution in [2.75, 3.05) is 6.54 Å². The maximum Gasteiger partial charge on any atom is 0.252 e. The fourth-order valence-corrected chi connectivity index (χ4v) is 5.70. The molecule has 2 heterocycles. The molecule has 1 atom stereocenters. The van der Waals surface area contributed by atoms with Crippen molar-refractivity contribution >= 4 is 21.4 Å². The summed E-state index contributed by atoms with van der Waals surface area (Å²) < 4.78 is 27.6. The summed E-state index contributed by atoms with van der Waals surface area (Å²) in [5.41, 5.74) is 6.46. The van der Waals surface area contributed by atoms with Gasteiger partial charge in [0.15, 0.2) is 0 Å². The lowest BCUT2D eigenvalue weighted by molar-refractivity contribution is 0.315. The van der Waals surface area contributed by atoms with Crippen LogP contribution >= 0.6 is 11.3 Å². The first kappa shape index (κ1) is 15.0. The van der Waals surface area contributed by atoms with Crippen LogP contribution in [0, 0.1) is 0 Å². The van der Waals surface area contributed by atoms with Gasteiger partial charge in [-0.2, -0.15) is 4.31 Å². The molecule has 0 spiro atoms. The van der Waals surface area contributed by atoms with Crippen LogP contribution in [0.15, 0.2) is 15.7 Å². The summed E-state index contributed by atoms with van der Waals surface area (Å²) in [5.74, 6) is 0. The van der Waals surface area contributed by atoms with Gasteiger partial charge in [-0.05, 0) is 36.3 Å². The van der Waals surface area contributed by atoms with Gasteiger partial charge in [0.2, 0.25) is 0 Å². The summed E-state index contributed by atoms with van der Waals surface area (Å²) in [6.45, 7) is 3.11. The van der Waals surface area contributed by atoms with Crippen molar-refractivity contribution in [2.24, 2.45) is 5.73 Å². The predicted molar refractivity (Wildman–Crippen MR) is 78.6 cm³/mol. The van der Waals surface area contributed by atoms with Crippen LogP contribution < -0.4 is 5.73 Å². The van der Waals surface area contributed by atoms with Crippen molar-refractivity contribution in [1.29, 1.82) is 0 Å². The number of hydrogen-bond donors (Lipinski definition) is 1. The Kier molecular flexibility index (Phi) is 5.00. The van der Waals surface area contributed by atoms with Gasteiger partial charge in [0.1, 0.15) is 4.21 Å². The quantitative estimate of drug-likeness (QED) is 0.929. The lowest BCUT2D eigenvalue weighted by Crippen LogP contribution is -2.39. The van der Waals surface area contributed by atoms with E-state index in [0.29, 0.717) is 17.3 Å². The summed E-state index contributed by atoms with van der Waals surface area (Å²) in [6, 6.07) is 1.87. The van der Waals surface area contributed by atoms with Gasteiger partial charge in [0, 0.05) is 19.1 Å². The standard InChI is InChI=1S/C13H22N2O2S2/c1-2-12-6-4-3-5-7-15(12)19(16,17)13-8-11(9-14)10-18-13/h8,10,12H,2-7,9,14H2,1H3. The highest BCUT2D eigenvalue weighted by molar-refractivity contribution is 7.91. The summed E-state index contributed by atoms with van der Waals surface area (Å²) in [5, 5.41) is 1.84. The van der Waals surface area contributed by atoms with Crippen LogP contribution in [-0.4, -0.2) is 25.3 Å². The van der Waals surface area contributed by atoms with Gasteiger partial charge >= 0.3 is 0 Å². The Hall–Kier alpha value is -0.430. The highest BCUT2D eigenvalue weighted by Gasteiger charge is 2.32. The van der Waals surface area contributed by atoms with Gasteiger partial charge in [0.05, 0.1) is 0 Å². The molecule has 0 aliphatic carbocycles. The van der Waals surface area contributed by atoms with E-state index in [4.69, 9.17) is 5.73 Å². The molecule has 2 N–H and O–H groups in total. The number of hydrogen-bond acceptors (Lipinski definition) is 4. The second kappa shape index (κ2) is 6.35. The first-order valence-electron chi connectivity index (χ1n) is 6.89. The summed E-state index contributed by atoms with van der Waals surface area (Å²) in [6.07, 6.45) is 5.08. The van der Waals surface area contributed by atoms with E-state index in [1.165, 1.54) is 11.3 Å². The maximum atomic E-state index is 12.7. The van der Waals surface area contributed by atoms with E-state index >= 15 is 0 Å². The molecular formula is C13H22N2O2S2. The lowest BCUT2D eigenvalue weighted by atomic mass is 10.1. The molecule has 1 unspecified atom stereocenters. The predicted octanol–water partition coefficient (Wildman–Crippen LogP) is 2.55. The van der Waals surface area contributed by atoms with Crippen molar-refractivity contribution < 1.29 is 8.42 Å². The fourth-order valence-electron chi connectivity index (χ4n) is 2.59. The van der Waals surface area contributed by atoms with E-state index in [-0.39, 0.29) is 6.04 Å². The van der Waals surface area contributed by atoms with Crippen LogP contribution in [0.5, 0.6) is 0 Å². The summed E-state index contributed by atoms with van der Waals surface area (Å²) >= 11 is 1.28. The summed E-state index contributed by atoms with van der Waals surface area (Å²) in [4.78, 5) is 0. The molecule has 1 aliphatic rings. The first-order chi connectivity index (χ1) is 9.09. The zero-order chi connectivity index (χ0) is 13.9. The van der Waals surface area contributed by atoms with E-state index in [1.807, 2.05) is 5.38 Å². The number of nitrogens with zero attached hydrogens (tertiary/aromatic N) is 1. The molecule has 0 amide bonds. The molecule has 2 rings (SSSR count). The molecule has 1 aliphatic heterocycles. The van der Waals surface area contributed by atoms with Crippen molar-refractivity contribution in [3.63, 3.8) is 0 Å². The van der Waals surface area contributed by atoms with Gasteiger partial charge in [-0.25, -0.2) is 8.42 Å². The minimum atomic E-state index is -3.34. The molecule has 1 aromatic heterocycles. The molecule has 0 aromatic carbocycles. The van der Waals surface area contributed by atoms with Crippen LogP contribution in [0.3, 0.4) is 0 Å². The third-order valence-corrected chi connectivity index (χ3v) is 7.14. The van der Waals surface area contributed by atoms with Crippen LogP contribution in [0.4, 0.5) is 0 Å². The minimum Gasteiger partial charge on any atom is -0.326 e. The van der Waals surface area contributed by atoms with E-state index in [0.717, 1.165) is 37.7 Å². The highest BCUT2D eigenvalue weighted by Crippen LogP contribution is 2.29. The molecule has 1 aromatic rings. The molecular weight excluding hydrogens is 280 g/mol. The first-order valence-corrected chi connectivity index (χ1v) is 9.21. The number of thiophene rings is 1. The smallest absolute Gasteiger partial charge is 0.252 e. The molecule has 6 heteroatoms. The Morgan fingerprint density at radius 3 is 2.84 bits per heavy atom. The second-order valence-corrected chi connectivity index (χ2v) is 8.03. The molecule has 0 radical (unpaired) electrons. The largest absolute Gasteiger partial charge is 0.326 e. The van der Waals surface area contributed by atoms with Crippen molar-refractivity contribution in [3.05, 3.63) is 17.0 Å². The third-order valence-electron chi connectivity index (χ3n) is 3.72. The van der Waals surface area contributed by atoms with Crippen molar-refractivity contribution in [1.82, 2.24) is 4.31 Å². The molecule has 0 saturated carbocycles.